The third kappa shape index (κ3) is 2.61. The summed E-state index contributed by atoms with van der Waals surface area (Å²) in [6, 6.07) is 30.7. The number of halogens is 1. The second kappa shape index (κ2) is 6.09. The second-order valence-electron chi connectivity index (χ2n) is 5.37. The number of rotatable bonds is 3. The fourth-order valence-corrected chi connectivity index (χ4v) is 5.93. The van der Waals surface area contributed by atoms with Gasteiger partial charge in [-0.1, -0.05) is 72.8 Å². The molecule has 1 heteroatoms. The van der Waals surface area contributed by atoms with Crippen molar-refractivity contribution >= 4 is 5.57 Å². The van der Waals surface area contributed by atoms with Gasteiger partial charge in [0.1, 0.15) is 0 Å². The molecule has 4 rings (SSSR count). The lowest BCUT2D eigenvalue weighted by Crippen LogP contribution is -3.61. The van der Waals surface area contributed by atoms with E-state index in [-0.39, 0.29) is 21.2 Å². The molecule has 22 heavy (non-hydrogen) atoms. The highest BCUT2D eigenvalue weighted by Crippen LogP contribution is 2.34. The summed E-state index contributed by atoms with van der Waals surface area (Å²) in [6.45, 7) is 0. The van der Waals surface area contributed by atoms with Gasteiger partial charge >= 0.3 is 21.2 Å². The van der Waals surface area contributed by atoms with Crippen LogP contribution in [0.2, 0.25) is 0 Å². The third-order valence-corrected chi connectivity index (χ3v) is 6.84. The third-order valence-electron chi connectivity index (χ3n) is 3.92. The maximum atomic E-state index is 2.28. The molecule has 0 fully saturated rings. The summed E-state index contributed by atoms with van der Waals surface area (Å²) < 4.78 is 3.13. The summed E-state index contributed by atoms with van der Waals surface area (Å²) in [5.41, 5.74) is 5.75. The fourth-order valence-electron chi connectivity index (χ4n) is 2.93. The number of benzene rings is 3. The standard InChI is InChI=1S/C21H16I/c1-3-9-16(10-4-1)21-19-14-8-7-11-17(19)15-20(21)22-18-12-5-2-6-13-18/h1-14H,15H2/q+1. The number of fused-ring (bicyclic) bond motifs is 1. The van der Waals surface area contributed by atoms with Crippen LogP contribution in [0, 0.1) is 3.57 Å². The van der Waals surface area contributed by atoms with Crippen LogP contribution < -0.4 is 21.2 Å². The van der Waals surface area contributed by atoms with Gasteiger partial charge in [-0.2, -0.15) is 0 Å². The monoisotopic (exact) mass is 395 g/mol. The van der Waals surface area contributed by atoms with Gasteiger partial charge in [-0.3, -0.25) is 0 Å². The summed E-state index contributed by atoms with van der Waals surface area (Å²) in [6.07, 6.45) is 1.11. The van der Waals surface area contributed by atoms with Crippen molar-refractivity contribution in [3.05, 3.63) is 109 Å². The van der Waals surface area contributed by atoms with Gasteiger partial charge < -0.3 is 0 Å². The van der Waals surface area contributed by atoms with Crippen LogP contribution in [0.4, 0.5) is 0 Å². The lowest BCUT2D eigenvalue weighted by molar-refractivity contribution is -0.576. The Balaban J connectivity index is 1.82. The van der Waals surface area contributed by atoms with E-state index in [0.29, 0.717) is 0 Å². The first-order valence-corrected chi connectivity index (χ1v) is 9.64. The molecule has 0 N–H and O–H groups in total. The minimum Gasteiger partial charge on any atom is -0.0622 e. The molecule has 3 aromatic rings. The van der Waals surface area contributed by atoms with Gasteiger partial charge in [0, 0.05) is 12.0 Å². The Bertz CT molecular complexity index is 817. The van der Waals surface area contributed by atoms with Crippen molar-refractivity contribution in [3.8, 4) is 0 Å². The molecule has 0 saturated carbocycles. The Hall–Kier alpha value is -1.87. The van der Waals surface area contributed by atoms with Crippen LogP contribution in [0.15, 0.2) is 88.5 Å². The molecule has 1 aliphatic carbocycles. The predicted molar refractivity (Wildman–Crippen MR) is 87.7 cm³/mol. The van der Waals surface area contributed by atoms with Crippen LogP contribution in [0.25, 0.3) is 5.57 Å². The number of allylic oxidation sites excluding steroid dienone is 1. The molecule has 0 atom stereocenters. The molecule has 0 aliphatic heterocycles. The van der Waals surface area contributed by atoms with Gasteiger partial charge in [-0.15, -0.1) is 0 Å². The Kier molecular flexibility index (Phi) is 3.81. The summed E-state index contributed by atoms with van der Waals surface area (Å²) in [5, 5.41) is 0. The summed E-state index contributed by atoms with van der Waals surface area (Å²) in [5.74, 6) is 0. The minimum absolute atomic E-state index is 0.111. The van der Waals surface area contributed by atoms with Crippen molar-refractivity contribution in [1.82, 2.24) is 0 Å². The average Bonchev–Trinajstić information content (AvgIpc) is 2.94. The van der Waals surface area contributed by atoms with Crippen molar-refractivity contribution < 1.29 is 21.2 Å². The normalized spacial score (nSPS) is 13.3. The van der Waals surface area contributed by atoms with E-state index in [1.807, 2.05) is 0 Å². The summed E-state index contributed by atoms with van der Waals surface area (Å²) in [7, 11) is 0. The van der Waals surface area contributed by atoms with Crippen LogP contribution in [-0.2, 0) is 6.42 Å². The molecule has 0 heterocycles. The molecular weight excluding hydrogens is 379 g/mol. The quantitative estimate of drug-likeness (QED) is 0.595. The van der Waals surface area contributed by atoms with Crippen molar-refractivity contribution in [2.75, 3.05) is 0 Å². The van der Waals surface area contributed by atoms with Crippen molar-refractivity contribution in [2.24, 2.45) is 0 Å². The topological polar surface area (TPSA) is 0 Å². The first kappa shape index (κ1) is 13.8. The highest BCUT2D eigenvalue weighted by molar-refractivity contribution is 5.85. The molecule has 0 radical (unpaired) electrons. The van der Waals surface area contributed by atoms with Gasteiger partial charge in [0.05, 0.1) is 0 Å². The van der Waals surface area contributed by atoms with E-state index < -0.39 is 0 Å². The SMILES string of the molecule is c1ccc([I+]C2=C(c3ccccc3)c3ccccc3C2)cc1. The molecule has 0 aromatic heterocycles. The van der Waals surface area contributed by atoms with E-state index in [0.717, 1.165) is 6.42 Å². The number of hydrogen-bond acceptors (Lipinski definition) is 0. The lowest BCUT2D eigenvalue weighted by Gasteiger charge is -2.04. The minimum atomic E-state index is -0.111. The van der Waals surface area contributed by atoms with Crippen LogP contribution in [-0.4, -0.2) is 0 Å². The Morgan fingerprint density at radius 3 is 2.05 bits per heavy atom. The molecule has 0 nitrogen and oxygen atoms in total. The first-order chi connectivity index (χ1) is 10.9. The van der Waals surface area contributed by atoms with Crippen LogP contribution >= 0.6 is 0 Å². The number of hydrogen-bond donors (Lipinski definition) is 0. The van der Waals surface area contributed by atoms with Gasteiger partial charge in [0.25, 0.3) is 0 Å². The van der Waals surface area contributed by atoms with Crippen LogP contribution in [0.3, 0.4) is 0 Å². The molecular formula is C21H16I+. The zero-order chi connectivity index (χ0) is 14.8. The summed E-state index contributed by atoms with van der Waals surface area (Å²) >= 11 is -0.111. The second-order valence-corrected chi connectivity index (χ2v) is 8.46. The summed E-state index contributed by atoms with van der Waals surface area (Å²) in [4.78, 5) is 0. The van der Waals surface area contributed by atoms with Gasteiger partial charge in [0.2, 0.25) is 0 Å². The molecule has 0 saturated heterocycles. The molecule has 1 aliphatic rings. The van der Waals surface area contributed by atoms with E-state index in [4.69, 9.17) is 0 Å². The van der Waals surface area contributed by atoms with Gasteiger partial charge in [-0.25, -0.2) is 0 Å². The zero-order valence-electron chi connectivity index (χ0n) is 12.2. The lowest BCUT2D eigenvalue weighted by atomic mass is 9.99. The highest BCUT2D eigenvalue weighted by Gasteiger charge is 2.32. The zero-order valence-corrected chi connectivity index (χ0v) is 14.3. The van der Waals surface area contributed by atoms with E-state index in [1.165, 1.54) is 25.8 Å². The van der Waals surface area contributed by atoms with Crippen molar-refractivity contribution in [2.45, 2.75) is 6.42 Å². The fraction of sp³-hybridized carbons (Fsp3) is 0.0476. The molecule has 106 valence electrons. The molecule has 3 aromatic carbocycles. The molecule has 0 bridgehead atoms. The average molecular weight is 395 g/mol. The maximum absolute atomic E-state index is 2.28. The molecule has 0 spiro atoms. The molecule has 0 unspecified atom stereocenters. The Morgan fingerprint density at radius 2 is 1.27 bits per heavy atom. The van der Waals surface area contributed by atoms with Crippen LogP contribution in [0.5, 0.6) is 0 Å². The van der Waals surface area contributed by atoms with E-state index in [9.17, 15) is 0 Å². The molecule has 0 amide bonds. The van der Waals surface area contributed by atoms with Crippen LogP contribution in [0.1, 0.15) is 16.7 Å². The van der Waals surface area contributed by atoms with Crippen molar-refractivity contribution in [1.29, 1.82) is 0 Å². The van der Waals surface area contributed by atoms with E-state index >= 15 is 0 Å². The highest BCUT2D eigenvalue weighted by atomic mass is 127. The van der Waals surface area contributed by atoms with E-state index in [1.54, 1.807) is 3.58 Å². The van der Waals surface area contributed by atoms with Gasteiger partial charge in [0.15, 0.2) is 7.15 Å². The van der Waals surface area contributed by atoms with Gasteiger partial charge in [-0.05, 0) is 28.8 Å². The smallest absolute Gasteiger partial charge is 0.0622 e. The van der Waals surface area contributed by atoms with Crippen molar-refractivity contribution in [3.63, 3.8) is 0 Å². The largest absolute Gasteiger partial charge is 0.354 e. The first-order valence-electron chi connectivity index (χ1n) is 7.48. The predicted octanol–water partition coefficient (Wildman–Crippen LogP) is 1.96. The van der Waals surface area contributed by atoms with E-state index in [2.05, 4.69) is 84.9 Å². The Labute approximate surface area is 141 Å². The maximum Gasteiger partial charge on any atom is 0.354 e. The Morgan fingerprint density at radius 1 is 0.636 bits per heavy atom.